The number of ether oxygens (including phenoxy) is 2. The third kappa shape index (κ3) is 7.33. The van der Waals surface area contributed by atoms with Crippen molar-refractivity contribution in [2.75, 3.05) is 32.8 Å². The van der Waals surface area contributed by atoms with Gasteiger partial charge in [-0.25, -0.2) is 14.2 Å². The van der Waals surface area contributed by atoms with Crippen LogP contribution in [-0.2, 0) is 11.3 Å². The predicted molar refractivity (Wildman–Crippen MR) is 118 cm³/mol. The molecule has 0 bridgehead atoms. The lowest BCUT2D eigenvalue weighted by Gasteiger charge is -2.36. The Labute approximate surface area is 183 Å². The fraction of sp³-hybridized carbons (Fsp3) is 0.579. The van der Waals surface area contributed by atoms with Crippen LogP contribution in [0.15, 0.2) is 23.2 Å². The second-order valence-corrected chi connectivity index (χ2v) is 7.33. The minimum atomic E-state index is -0.512. The molecule has 1 fully saturated rings. The van der Waals surface area contributed by atoms with Gasteiger partial charge in [0.15, 0.2) is 17.5 Å². The number of hydrogen-bond acceptors (Lipinski definition) is 4. The molecule has 1 aliphatic rings. The van der Waals surface area contributed by atoms with Gasteiger partial charge < -0.3 is 25.0 Å². The fourth-order valence-electron chi connectivity index (χ4n) is 2.63. The molecule has 28 heavy (non-hydrogen) atoms. The van der Waals surface area contributed by atoms with Crippen molar-refractivity contribution in [3.8, 4) is 5.75 Å². The topological polar surface area (TPSA) is 80.4 Å². The van der Waals surface area contributed by atoms with Crippen molar-refractivity contribution in [1.82, 2.24) is 9.80 Å². The van der Waals surface area contributed by atoms with Gasteiger partial charge in [-0.3, -0.25) is 0 Å². The standard InChI is InChI=1S/C19H29FN4O3.HI/c1-5-26-16-7-6-14(12-15(16)20)13-22-17(21)23-8-10-24(11-9-23)18(25)27-19(2,3)4;/h6-7,12H,5,8-11,13H2,1-4H3,(H2,21,22);1H. The summed E-state index contributed by atoms with van der Waals surface area (Å²) in [6.45, 7) is 10.2. The number of nitrogens with two attached hydrogens (primary N) is 1. The zero-order valence-electron chi connectivity index (χ0n) is 16.9. The van der Waals surface area contributed by atoms with Crippen molar-refractivity contribution in [2.45, 2.75) is 39.8 Å². The van der Waals surface area contributed by atoms with Crippen molar-refractivity contribution in [3.05, 3.63) is 29.6 Å². The first-order valence-electron chi connectivity index (χ1n) is 9.13. The summed E-state index contributed by atoms with van der Waals surface area (Å²) < 4.78 is 24.5. The molecule has 1 aromatic rings. The van der Waals surface area contributed by atoms with Gasteiger partial charge in [-0.15, -0.1) is 24.0 Å². The SMILES string of the molecule is CCOc1ccc(CN=C(N)N2CCN(C(=O)OC(C)(C)C)CC2)cc1F.I. The summed E-state index contributed by atoms with van der Waals surface area (Å²) in [5, 5.41) is 0. The average molecular weight is 508 g/mol. The fourth-order valence-corrected chi connectivity index (χ4v) is 2.63. The summed E-state index contributed by atoms with van der Waals surface area (Å²) in [5.74, 6) is 0.207. The molecule has 0 atom stereocenters. The number of nitrogens with zero attached hydrogens (tertiary/aromatic N) is 3. The van der Waals surface area contributed by atoms with Crippen LogP contribution in [0.5, 0.6) is 5.75 Å². The highest BCUT2D eigenvalue weighted by Crippen LogP contribution is 2.19. The Morgan fingerprint density at radius 3 is 2.36 bits per heavy atom. The van der Waals surface area contributed by atoms with Gasteiger partial charge in [0.05, 0.1) is 13.2 Å². The number of piperazine rings is 1. The van der Waals surface area contributed by atoms with E-state index in [2.05, 4.69) is 4.99 Å². The van der Waals surface area contributed by atoms with E-state index in [0.29, 0.717) is 44.3 Å². The first kappa shape index (κ1) is 24.3. The van der Waals surface area contributed by atoms with Gasteiger partial charge in [0.2, 0.25) is 0 Å². The van der Waals surface area contributed by atoms with Gasteiger partial charge in [-0.1, -0.05) is 6.07 Å². The summed E-state index contributed by atoms with van der Waals surface area (Å²) in [6.07, 6.45) is -0.317. The van der Waals surface area contributed by atoms with Gasteiger partial charge in [0, 0.05) is 26.2 Å². The lowest BCUT2D eigenvalue weighted by atomic mass is 10.2. The van der Waals surface area contributed by atoms with Gasteiger partial charge in [-0.05, 0) is 45.4 Å². The molecule has 2 rings (SSSR count). The molecule has 1 aromatic carbocycles. The molecule has 0 unspecified atom stereocenters. The molecule has 158 valence electrons. The number of amides is 1. The predicted octanol–water partition coefficient (Wildman–Crippen LogP) is 3.21. The first-order valence-corrected chi connectivity index (χ1v) is 9.13. The molecule has 0 spiro atoms. The zero-order valence-corrected chi connectivity index (χ0v) is 19.2. The molecule has 0 radical (unpaired) electrons. The second kappa shape index (κ2) is 10.7. The van der Waals surface area contributed by atoms with Crippen molar-refractivity contribution >= 4 is 36.0 Å². The lowest BCUT2D eigenvalue weighted by Crippen LogP contribution is -2.53. The summed E-state index contributed by atoms with van der Waals surface area (Å²) in [6, 6.07) is 4.77. The molecule has 0 aromatic heterocycles. The third-order valence-corrected chi connectivity index (χ3v) is 3.98. The Balaban J connectivity index is 0.00000392. The highest BCUT2D eigenvalue weighted by atomic mass is 127. The summed E-state index contributed by atoms with van der Waals surface area (Å²) in [4.78, 5) is 20.0. The van der Waals surface area contributed by atoms with Crippen LogP contribution in [0.4, 0.5) is 9.18 Å². The van der Waals surface area contributed by atoms with E-state index in [1.54, 1.807) is 24.0 Å². The number of aliphatic imine (C=N–C) groups is 1. The molecule has 9 heteroatoms. The molecule has 1 saturated heterocycles. The van der Waals surface area contributed by atoms with E-state index in [-0.39, 0.29) is 42.4 Å². The maximum Gasteiger partial charge on any atom is 0.410 e. The van der Waals surface area contributed by atoms with E-state index in [1.165, 1.54) is 6.07 Å². The van der Waals surface area contributed by atoms with Crippen molar-refractivity contribution in [2.24, 2.45) is 10.7 Å². The Morgan fingerprint density at radius 2 is 1.82 bits per heavy atom. The number of carbonyl (C=O) groups is 1. The number of rotatable bonds is 4. The van der Waals surface area contributed by atoms with Crippen LogP contribution in [-0.4, -0.2) is 60.2 Å². The van der Waals surface area contributed by atoms with Crippen LogP contribution in [0.25, 0.3) is 0 Å². The molecule has 0 aliphatic carbocycles. The Hall–Kier alpha value is -1.78. The lowest BCUT2D eigenvalue weighted by molar-refractivity contribution is 0.0186. The largest absolute Gasteiger partial charge is 0.491 e. The Bertz CT molecular complexity index is 686. The molecule has 1 amide bonds. The maximum atomic E-state index is 13.9. The van der Waals surface area contributed by atoms with Gasteiger partial charge in [0.25, 0.3) is 0 Å². The quantitative estimate of drug-likeness (QED) is 0.384. The van der Waals surface area contributed by atoms with E-state index in [4.69, 9.17) is 15.2 Å². The molecule has 7 nitrogen and oxygen atoms in total. The van der Waals surface area contributed by atoms with Crippen LogP contribution >= 0.6 is 24.0 Å². The smallest absolute Gasteiger partial charge is 0.410 e. The number of halogens is 2. The number of guanidine groups is 1. The van der Waals surface area contributed by atoms with Crippen molar-refractivity contribution < 1.29 is 18.7 Å². The van der Waals surface area contributed by atoms with E-state index in [1.807, 2.05) is 25.7 Å². The molecule has 2 N–H and O–H groups in total. The highest BCUT2D eigenvalue weighted by Gasteiger charge is 2.26. The maximum absolute atomic E-state index is 13.9. The Morgan fingerprint density at radius 1 is 1.21 bits per heavy atom. The summed E-state index contributed by atoms with van der Waals surface area (Å²) in [7, 11) is 0. The normalized spacial score (nSPS) is 15.1. The van der Waals surface area contributed by atoms with Crippen LogP contribution in [0, 0.1) is 5.82 Å². The molecule has 1 aliphatic heterocycles. The number of benzene rings is 1. The molecule has 0 saturated carbocycles. The molecular weight excluding hydrogens is 478 g/mol. The van der Waals surface area contributed by atoms with Gasteiger partial charge in [0.1, 0.15) is 5.60 Å². The molecular formula is C19H30FIN4O3. The Kier molecular flexibility index (Phi) is 9.25. The van der Waals surface area contributed by atoms with Crippen LogP contribution in [0.2, 0.25) is 0 Å². The van der Waals surface area contributed by atoms with E-state index in [0.717, 1.165) is 0 Å². The average Bonchev–Trinajstić information content (AvgIpc) is 2.60. The molecule has 1 heterocycles. The number of carbonyl (C=O) groups excluding carboxylic acids is 1. The third-order valence-electron chi connectivity index (χ3n) is 3.98. The first-order chi connectivity index (χ1) is 12.7. The summed E-state index contributed by atoms with van der Waals surface area (Å²) >= 11 is 0. The minimum absolute atomic E-state index is 0. The van der Waals surface area contributed by atoms with Crippen LogP contribution in [0.1, 0.15) is 33.3 Å². The van der Waals surface area contributed by atoms with Crippen molar-refractivity contribution in [3.63, 3.8) is 0 Å². The van der Waals surface area contributed by atoms with Gasteiger partial charge >= 0.3 is 6.09 Å². The number of hydrogen-bond donors (Lipinski definition) is 1. The van der Waals surface area contributed by atoms with Crippen molar-refractivity contribution in [1.29, 1.82) is 0 Å². The van der Waals surface area contributed by atoms with Crippen LogP contribution < -0.4 is 10.5 Å². The monoisotopic (exact) mass is 508 g/mol. The second-order valence-electron chi connectivity index (χ2n) is 7.33. The summed E-state index contributed by atoms with van der Waals surface area (Å²) in [5.41, 5.74) is 6.26. The van der Waals surface area contributed by atoms with E-state index in [9.17, 15) is 9.18 Å². The van der Waals surface area contributed by atoms with Crippen LogP contribution in [0.3, 0.4) is 0 Å². The minimum Gasteiger partial charge on any atom is -0.491 e. The highest BCUT2D eigenvalue weighted by molar-refractivity contribution is 14.0. The zero-order chi connectivity index (χ0) is 20.0. The van der Waals surface area contributed by atoms with Gasteiger partial charge in [-0.2, -0.15) is 0 Å². The van der Waals surface area contributed by atoms with E-state index >= 15 is 0 Å². The van der Waals surface area contributed by atoms with E-state index < -0.39 is 11.4 Å².